The zero-order chi connectivity index (χ0) is 20.4. The first kappa shape index (κ1) is 18.4. The second-order valence-corrected chi connectivity index (χ2v) is 6.50. The van der Waals surface area contributed by atoms with Gasteiger partial charge in [-0.2, -0.15) is 0 Å². The molecule has 3 aromatic rings. The van der Waals surface area contributed by atoms with E-state index in [1.165, 1.54) is 12.0 Å². The molecule has 1 unspecified atom stereocenters. The lowest BCUT2D eigenvalue weighted by atomic mass is 9.95. The number of anilines is 1. The van der Waals surface area contributed by atoms with E-state index in [0.717, 1.165) is 0 Å². The first-order valence-electron chi connectivity index (χ1n) is 9.03. The molecule has 0 aliphatic carbocycles. The van der Waals surface area contributed by atoms with Gasteiger partial charge < -0.3 is 9.84 Å². The number of aliphatic hydroxyl groups excluding tert-OH is 1. The average Bonchev–Trinajstić information content (AvgIpc) is 3.05. The normalized spacial score (nSPS) is 18.1. The van der Waals surface area contributed by atoms with Crippen LogP contribution in [-0.4, -0.2) is 28.9 Å². The highest BCUT2D eigenvalue weighted by molar-refractivity contribution is 6.51. The Morgan fingerprint density at radius 3 is 2.45 bits per heavy atom. The number of aromatic nitrogens is 1. The third-order valence-electron chi connectivity index (χ3n) is 4.80. The van der Waals surface area contributed by atoms with Crippen molar-refractivity contribution in [3.8, 4) is 5.75 Å². The lowest BCUT2D eigenvalue weighted by molar-refractivity contribution is -0.132. The van der Waals surface area contributed by atoms with Gasteiger partial charge in [-0.3, -0.25) is 14.5 Å². The minimum Gasteiger partial charge on any atom is -0.507 e. The fraction of sp³-hybridized carbons (Fsp3) is 0.0870. The van der Waals surface area contributed by atoms with Crippen molar-refractivity contribution in [2.45, 2.75) is 6.04 Å². The molecule has 1 N–H and O–H groups in total. The van der Waals surface area contributed by atoms with Crippen molar-refractivity contribution in [1.82, 2.24) is 4.98 Å². The van der Waals surface area contributed by atoms with Gasteiger partial charge in [0.2, 0.25) is 0 Å². The molecule has 1 amide bonds. The number of aliphatic hydroxyl groups is 1. The van der Waals surface area contributed by atoms with Crippen molar-refractivity contribution in [1.29, 1.82) is 0 Å². The van der Waals surface area contributed by atoms with Gasteiger partial charge in [-0.05, 0) is 29.8 Å². The quantitative estimate of drug-likeness (QED) is 0.420. The maximum atomic E-state index is 13.0. The van der Waals surface area contributed by atoms with Gasteiger partial charge in [0.05, 0.1) is 18.7 Å². The largest absolute Gasteiger partial charge is 0.507 e. The Balaban J connectivity index is 1.94. The number of carbonyl (C=O) groups is 2. The second kappa shape index (κ2) is 7.59. The molecule has 2 heterocycles. The number of hydrogen-bond donors (Lipinski definition) is 1. The summed E-state index contributed by atoms with van der Waals surface area (Å²) in [5.41, 5.74) is 1.10. The summed E-state index contributed by atoms with van der Waals surface area (Å²) in [4.78, 5) is 31.5. The Morgan fingerprint density at radius 2 is 1.76 bits per heavy atom. The van der Waals surface area contributed by atoms with Gasteiger partial charge in [0.15, 0.2) is 0 Å². The predicted octanol–water partition coefficient (Wildman–Crippen LogP) is 3.72. The maximum absolute atomic E-state index is 13.0. The van der Waals surface area contributed by atoms with Crippen LogP contribution in [0.5, 0.6) is 5.75 Å². The summed E-state index contributed by atoms with van der Waals surface area (Å²) in [6, 6.07) is 20.2. The minimum absolute atomic E-state index is 0.0140. The van der Waals surface area contributed by atoms with Gasteiger partial charge >= 0.3 is 5.91 Å². The number of hydrogen-bond acceptors (Lipinski definition) is 5. The molecule has 0 spiro atoms. The smallest absolute Gasteiger partial charge is 0.301 e. The van der Waals surface area contributed by atoms with Gasteiger partial charge in [-0.25, -0.2) is 4.98 Å². The van der Waals surface area contributed by atoms with E-state index >= 15 is 0 Å². The SMILES string of the molecule is COc1cccc(/C(O)=C2/C(=O)C(=O)N(c3ccccn3)C2c2ccccc2)c1. The number of pyridine rings is 1. The van der Waals surface area contributed by atoms with E-state index in [2.05, 4.69) is 4.98 Å². The summed E-state index contributed by atoms with van der Waals surface area (Å²) in [7, 11) is 1.52. The number of benzene rings is 2. The van der Waals surface area contributed by atoms with Gasteiger partial charge in [0.25, 0.3) is 5.78 Å². The second-order valence-electron chi connectivity index (χ2n) is 6.50. The van der Waals surface area contributed by atoms with Crippen LogP contribution < -0.4 is 9.64 Å². The first-order valence-corrected chi connectivity index (χ1v) is 9.03. The summed E-state index contributed by atoms with van der Waals surface area (Å²) in [6.45, 7) is 0. The summed E-state index contributed by atoms with van der Waals surface area (Å²) >= 11 is 0. The van der Waals surface area contributed by atoms with E-state index < -0.39 is 17.7 Å². The fourth-order valence-electron chi connectivity index (χ4n) is 3.44. The third-order valence-corrected chi connectivity index (χ3v) is 4.80. The van der Waals surface area contributed by atoms with Crippen molar-refractivity contribution >= 4 is 23.3 Å². The molecule has 0 saturated carbocycles. The Labute approximate surface area is 167 Å². The van der Waals surface area contributed by atoms with E-state index in [1.54, 1.807) is 48.7 Å². The predicted molar refractivity (Wildman–Crippen MR) is 108 cm³/mol. The van der Waals surface area contributed by atoms with Gasteiger partial charge in [-0.1, -0.05) is 48.5 Å². The summed E-state index contributed by atoms with van der Waals surface area (Å²) in [5, 5.41) is 11.0. The van der Waals surface area contributed by atoms with E-state index in [0.29, 0.717) is 22.7 Å². The van der Waals surface area contributed by atoms with Crippen LogP contribution >= 0.6 is 0 Å². The van der Waals surface area contributed by atoms with E-state index in [9.17, 15) is 14.7 Å². The lowest BCUT2D eigenvalue weighted by Crippen LogP contribution is -2.30. The maximum Gasteiger partial charge on any atom is 0.301 e. The number of rotatable bonds is 4. The van der Waals surface area contributed by atoms with Crippen molar-refractivity contribution < 1.29 is 19.4 Å². The highest BCUT2D eigenvalue weighted by Crippen LogP contribution is 2.41. The lowest BCUT2D eigenvalue weighted by Gasteiger charge is -2.24. The molecule has 0 bridgehead atoms. The third kappa shape index (κ3) is 3.25. The molecular formula is C23H18N2O4. The molecule has 29 heavy (non-hydrogen) atoms. The zero-order valence-electron chi connectivity index (χ0n) is 15.6. The molecule has 6 nitrogen and oxygen atoms in total. The van der Waals surface area contributed by atoms with Crippen molar-refractivity contribution in [3.05, 3.63) is 95.7 Å². The fourth-order valence-corrected chi connectivity index (χ4v) is 3.44. The van der Waals surface area contributed by atoms with Crippen LogP contribution in [0.1, 0.15) is 17.2 Å². The topological polar surface area (TPSA) is 79.7 Å². The molecule has 1 aliphatic rings. The van der Waals surface area contributed by atoms with E-state index in [-0.39, 0.29) is 11.3 Å². The molecule has 2 aromatic carbocycles. The van der Waals surface area contributed by atoms with Crippen LogP contribution in [0, 0.1) is 0 Å². The van der Waals surface area contributed by atoms with Crippen LogP contribution in [0.3, 0.4) is 0 Å². The Kier molecular flexibility index (Phi) is 4.83. The minimum atomic E-state index is -0.794. The van der Waals surface area contributed by atoms with E-state index in [1.807, 2.05) is 30.3 Å². The monoisotopic (exact) mass is 386 g/mol. The molecule has 144 valence electrons. The van der Waals surface area contributed by atoms with Gasteiger partial charge in [0.1, 0.15) is 17.3 Å². The molecule has 4 rings (SSSR count). The Morgan fingerprint density at radius 1 is 1.00 bits per heavy atom. The van der Waals surface area contributed by atoms with Crippen molar-refractivity contribution in [2.75, 3.05) is 12.0 Å². The number of amides is 1. The van der Waals surface area contributed by atoms with Crippen molar-refractivity contribution in [3.63, 3.8) is 0 Å². The molecule has 1 fully saturated rings. The number of methoxy groups -OCH3 is 1. The Hall–Kier alpha value is -3.93. The zero-order valence-corrected chi connectivity index (χ0v) is 15.6. The number of carbonyl (C=O) groups excluding carboxylic acids is 2. The molecule has 6 heteroatoms. The number of ether oxygens (including phenoxy) is 1. The molecule has 1 saturated heterocycles. The summed E-state index contributed by atoms with van der Waals surface area (Å²) < 4.78 is 5.21. The number of ketones is 1. The standard InChI is InChI=1S/C23H18N2O4/c1-29-17-11-7-10-16(14-17)21(26)19-20(15-8-3-2-4-9-15)25(23(28)22(19)27)18-12-5-6-13-24-18/h2-14,20,26H,1H3/b21-19-. The van der Waals surface area contributed by atoms with Gasteiger partial charge in [0, 0.05) is 11.8 Å². The highest BCUT2D eigenvalue weighted by Gasteiger charge is 2.47. The molecule has 0 radical (unpaired) electrons. The number of Topliss-reactive ketones (excluding diaryl/α,β-unsaturated/α-hetero) is 1. The molecule has 1 aromatic heterocycles. The molecular weight excluding hydrogens is 368 g/mol. The molecule has 1 aliphatic heterocycles. The Bertz CT molecular complexity index is 1090. The van der Waals surface area contributed by atoms with Crippen molar-refractivity contribution in [2.24, 2.45) is 0 Å². The average molecular weight is 386 g/mol. The van der Waals surface area contributed by atoms with Crippen LogP contribution in [-0.2, 0) is 9.59 Å². The van der Waals surface area contributed by atoms with Crippen LogP contribution in [0.15, 0.2) is 84.6 Å². The first-order chi connectivity index (χ1) is 14.1. The summed E-state index contributed by atoms with van der Waals surface area (Å²) in [5.74, 6) is -0.876. The molecule has 1 atom stereocenters. The van der Waals surface area contributed by atoms with Crippen LogP contribution in [0.2, 0.25) is 0 Å². The highest BCUT2D eigenvalue weighted by atomic mass is 16.5. The van der Waals surface area contributed by atoms with Gasteiger partial charge in [-0.15, -0.1) is 0 Å². The summed E-state index contributed by atoms with van der Waals surface area (Å²) in [6.07, 6.45) is 1.55. The van der Waals surface area contributed by atoms with E-state index in [4.69, 9.17) is 4.74 Å². The van der Waals surface area contributed by atoms with Crippen LogP contribution in [0.4, 0.5) is 5.82 Å². The number of nitrogens with zero attached hydrogens (tertiary/aromatic N) is 2. The van der Waals surface area contributed by atoms with Crippen LogP contribution in [0.25, 0.3) is 5.76 Å².